The first-order valence-electron chi connectivity index (χ1n) is 10.8. The van der Waals surface area contributed by atoms with Crippen LogP contribution in [-0.4, -0.2) is 25.8 Å². The molecule has 0 spiro atoms. The van der Waals surface area contributed by atoms with Crippen molar-refractivity contribution in [2.24, 2.45) is 0 Å². The Bertz CT molecular complexity index is 1620. The number of anilines is 1. The third kappa shape index (κ3) is 4.38. The van der Waals surface area contributed by atoms with Crippen LogP contribution in [0.15, 0.2) is 52.9 Å². The molecule has 1 aliphatic carbocycles. The second-order valence-corrected chi connectivity index (χ2v) is 11.5. The molecule has 1 amide bonds. The van der Waals surface area contributed by atoms with Crippen molar-refractivity contribution in [1.29, 1.82) is 5.26 Å². The number of hydrogen-bond acceptors (Lipinski definition) is 8. The third-order valence-electron chi connectivity index (χ3n) is 5.62. The minimum Gasteiger partial charge on any atom is -0.309 e. The fourth-order valence-electron chi connectivity index (χ4n) is 4.13. The molecule has 1 aliphatic rings. The zero-order chi connectivity index (χ0) is 24.5. The van der Waals surface area contributed by atoms with Gasteiger partial charge < -0.3 is 5.32 Å². The van der Waals surface area contributed by atoms with E-state index in [2.05, 4.69) is 18.0 Å². The number of hydrogen-bond donors (Lipinski definition) is 1. The summed E-state index contributed by atoms with van der Waals surface area (Å²) >= 11 is 9.36. The molecular formula is C24H19N5O2S4. The Morgan fingerprint density at radius 2 is 2.11 bits per heavy atom. The van der Waals surface area contributed by atoms with Gasteiger partial charge in [-0.3, -0.25) is 18.7 Å². The van der Waals surface area contributed by atoms with Crippen molar-refractivity contribution in [3.05, 3.63) is 72.6 Å². The van der Waals surface area contributed by atoms with Crippen molar-refractivity contribution in [3.63, 3.8) is 0 Å². The second kappa shape index (κ2) is 9.91. The summed E-state index contributed by atoms with van der Waals surface area (Å²) in [5, 5.41) is 13.6. The van der Waals surface area contributed by atoms with Crippen molar-refractivity contribution in [2.45, 2.75) is 31.0 Å². The smallest absolute Gasteiger partial charge is 0.263 e. The number of fused-ring (bicyclic) bond motifs is 3. The quantitative estimate of drug-likeness (QED) is 0.149. The Labute approximate surface area is 218 Å². The fraction of sp³-hybridized carbons (Fsp3) is 0.208. The van der Waals surface area contributed by atoms with Gasteiger partial charge in [0.1, 0.15) is 21.6 Å². The molecule has 1 aromatic carbocycles. The summed E-state index contributed by atoms with van der Waals surface area (Å²) < 4.78 is 3.73. The van der Waals surface area contributed by atoms with Gasteiger partial charge in [0, 0.05) is 17.1 Å². The van der Waals surface area contributed by atoms with E-state index < -0.39 is 0 Å². The summed E-state index contributed by atoms with van der Waals surface area (Å²) in [7, 11) is 0. The van der Waals surface area contributed by atoms with Crippen LogP contribution >= 0.6 is 46.7 Å². The highest BCUT2D eigenvalue weighted by atomic mass is 32.2. The number of nitriles is 1. The number of amides is 1. The van der Waals surface area contributed by atoms with Crippen LogP contribution in [0.2, 0.25) is 0 Å². The lowest BCUT2D eigenvalue weighted by Crippen LogP contribution is -2.24. The molecule has 0 saturated heterocycles. The lowest BCUT2D eigenvalue weighted by Gasteiger charge is -2.12. The van der Waals surface area contributed by atoms with Crippen LogP contribution in [0, 0.1) is 15.3 Å². The van der Waals surface area contributed by atoms with Crippen LogP contribution in [0.25, 0.3) is 15.9 Å². The predicted octanol–water partition coefficient (Wildman–Crippen LogP) is 5.32. The number of nitrogens with zero attached hydrogens (tertiary/aromatic N) is 4. The van der Waals surface area contributed by atoms with E-state index in [9.17, 15) is 14.9 Å². The molecule has 3 heterocycles. The molecule has 0 aliphatic heterocycles. The SMILES string of the molecule is C=CCn1c(SCC(=O)Nc2c(C#N)sc(=S)n2-c2ccccc2)nc2sc3c(c2c1=O)CCC3. The monoisotopic (exact) mass is 537 g/mol. The van der Waals surface area contributed by atoms with Crippen LogP contribution in [0.3, 0.4) is 0 Å². The lowest BCUT2D eigenvalue weighted by molar-refractivity contribution is -0.113. The lowest BCUT2D eigenvalue weighted by atomic mass is 10.2. The van der Waals surface area contributed by atoms with E-state index in [-0.39, 0.29) is 17.2 Å². The molecule has 176 valence electrons. The van der Waals surface area contributed by atoms with Gasteiger partial charge in [0.2, 0.25) is 5.91 Å². The molecule has 4 aromatic rings. The van der Waals surface area contributed by atoms with Crippen molar-refractivity contribution in [3.8, 4) is 11.8 Å². The van der Waals surface area contributed by atoms with Crippen LogP contribution < -0.4 is 10.9 Å². The number of thiophene rings is 1. The fourth-order valence-corrected chi connectivity index (χ4v) is 7.44. The molecule has 0 atom stereocenters. The van der Waals surface area contributed by atoms with Gasteiger partial charge in [-0.05, 0) is 49.2 Å². The molecule has 0 saturated carbocycles. The number of thiazole rings is 1. The molecule has 0 fully saturated rings. The Balaban J connectivity index is 1.43. The van der Waals surface area contributed by atoms with Crippen molar-refractivity contribution < 1.29 is 4.79 Å². The predicted molar refractivity (Wildman–Crippen MR) is 145 cm³/mol. The van der Waals surface area contributed by atoms with Crippen molar-refractivity contribution >= 4 is 68.6 Å². The van der Waals surface area contributed by atoms with E-state index in [1.165, 1.54) is 16.6 Å². The standard InChI is InChI=1S/C24H19N5O2S4/c1-2-11-28-22(31)19-15-9-6-10-16(15)34-21(19)27-23(28)33-13-18(30)26-20-17(12-25)35-24(32)29(20)14-7-4-3-5-8-14/h2-5,7-8H,1,6,9-11,13H2,(H,26,30). The van der Waals surface area contributed by atoms with E-state index in [4.69, 9.17) is 17.2 Å². The number of rotatable bonds is 7. The third-order valence-corrected chi connectivity index (χ3v) is 9.06. The van der Waals surface area contributed by atoms with Gasteiger partial charge >= 0.3 is 0 Å². The highest BCUT2D eigenvalue weighted by Crippen LogP contribution is 2.35. The van der Waals surface area contributed by atoms with Crippen LogP contribution in [0.1, 0.15) is 21.7 Å². The average Bonchev–Trinajstić information content (AvgIpc) is 3.53. The molecule has 0 unspecified atom stereocenters. The molecule has 3 aromatic heterocycles. The summed E-state index contributed by atoms with van der Waals surface area (Å²) in [4.78, 5) is 33.3. The maximum Gasteiger partial charge on any atom is 0.263 e. The van der Waals surface area contributed by atoms with Gasteiger partial charge in [-0.2, -0.15) is 5.26 Å². The summed E-state index contributed by atoms with van der Waals surface area (Å²) in [6.45, 7) is 4.09. The first kappa shape index (κ1) is 23.7. The summed E-state index contributed by atoms with van der Waals surface area (Å²) in [6, 6.07) is 11.5. The zero-order valence-corrected chi connectivity index (χ0v) is 21.7. The average molecular weight is 538 g/mol. The summed E-state index contributed by atoms with van der Waals surface area (Å²) in [5.74, 6) is 0.0423. The molecule has 1 N–H and O–H groups in total. The van der Waals surface area contributed by atoms with Crippen LogP contribution in [0.5, 0.6) is 0 Å². The number of benzene rings is 1. The summed E-state index contributed by atoms with van der Waals surface area (Å²) in [5.41, 5.74) is 1.80. The zero-order valence-electron chi connectivity index (χ0n) is 18.4. The van der Waals surface area contributed by atoms with Gasteiger partial charge in [-0.25, -0.2) is 4.98 Å². The maximum atomic E-state index is 13.3. The second-order valence-electron chi connectivity index (χ2n) is 7.80. The van der Waals surface area contributed by atoms with Gasteiger partial charge in [-0.15, -0.1) is 17.9 Å². The topological polar surface area (TPSA) is 92.7 Å². The number of thioether (sulfide) groups is 1. The van der Waals surface area contributed by atoms with Gasteiger partial charge in [0.25, 0.3) is 5.56 Å². The molecule has 0 bridgehead atoms. The Hall–Kier alpha value is -3.04. The number of aryl methyl sites for hydroxylation is 2. The van der Waals surface area contributed by atoms with Crippen molar-refractivity contribution in [1.82, 2.24) is 14.1 Å². The van der Waals surface area contributed by atoms with Gasteiger partial charge in [0.05, 0.1) is 11.1 Å². The van der Waals surface area contributed by atoms with E-state index in [0.717, 1.165) is 46.7 Å². The molecule has 0 radical (unpaired) electrons. The number of aromatic nitrogens is 3. The van der Waals surface area contributed by atoms with Crippen LogP contribution in [0.4, 0.5) is 5.82 Å². The first-order chi connectivity index (χ1) is 17.0. The Morgan fingerprint density at radius 3 is 2.86 bits per heavy atom. The minimum absolute atomic E-state index is 0.0163. The largest absolute Gasteiger partial charge is 0.309 e. The van der Waals surface area contributed by atoms with Crippen LogP contribution in [-0.2, 0) is 24.2 Å². The van der Waals surface area contributed by atoms with E-state index >= 15 is 0 Å². The Morgan fingerprint density at radius 1 is 1.31 bits per heavy atom. The van der Waals surface area contributed by atoms with Gasteiger partial charge in [-0.1, -0.05) is 47.4 Å². The number of carbonyl (C=O) groups excluding carboxylic acids is 1. The summed E-state index contributed by atoms with van der Waals surface area (Å²) in [6.07, 6.45) is 4.61. The maximum absolute atomic E-state index is 13.3. The molecule has 5 rings (SSSR count). The number of carbonyl (C=O) groups is 1. The molecule has 11 heteroatoms. The molecule has 35 heavy (non-hydrogen) atoms. The highest BCUT2D eigenvalue weighted by Gasteiger charge is 2.24. The van der Waals surface area contributed by atoms with Gasteiger partial charge in [0.15, 0.2) is 9.11 Å². The van der Waals surface area contributed by atoms with Crippen molar-refractivity contribution in [2.75, 3.05) is 11.1 Å². The van der Waals surface area contributed by atoms with E-state index in [1.54, 1.807) is 26.5 Å². The number of nitrogens with one attached hydrogen (secondary N) is 1. The number of para-hydroxylation sites is 1. The molecular weight excluding hydrogens is 519 g/mol. The minimum atomic E-state index is -0.322. The normalized spacial score (nSPS) is 12.4. The van der Waals surface area contributed by atoms with E-state index in [0.29, 0.717) is 31.7 Å². The first-order valence-corrected chi connectivity index (χ1v) is 13.8. The molecule has 7 nitrogen and oxygen atoms in total. The Kier molecular flexibility index (Phi) is 6.71. The number of allylic oxidation sites excluding steroid dienone is 1. The van der Waals surface area contributed by atoms with E-state index in [1.807, 2.05) is 30.3 Å². The highest BCUT2D eigenvalue weighted by molar-refractivity contribution is 7.99.